The summed E-state index contributed by atoms with van der Waals surface area (Å²) in [5.41, 5.74) is 2.69. The van der Waals surface area contributed by atoms with Crippen LogP contribution in [0.25, 0.3) is 0 Å². The fraction of sp³-hybridized carbons (Fsp3) is 0.632. The molecule has 136 valence electrons. The van der Waals surface area contributed by atoms with E-state index in [1.165, 1.54) is 37.1 Å². The van der Waals surface area contributed by atoms with Crippen molar-refractivity contribution in [2.24, 2.45) is 10.9 Å². The van der Waals surface area contributed by atoms with Crippen molar-refractivity contribution in [2.75, 3.05) is 40.3 Å². The topological polar surface area (TPSA) is 39.7 Å². The van der Waals surface area contributed by atoms with E-state index in [1.807, 2.05) is 7.05 Å². The molecular weight excluding hydrogens is 411 g/mol. The first-order chi connectivity index (χ1) is 11.1. The smallest absolute Gasteiger partial charge is 0.191 e. The van der Waals surface area contributed by atoms with Gasteiger partial charge in [0.1, 0.15) is 0 Å². The van der Waals surface area contributed by atoms with E-state index in [0.29, 0.717) is 5.92 Å². The lowest BCUT2D eigenvalue weighted by Gasteiger charge is -2.30. The van der Waals surface area contributed by atoms with Crippen molar-refractivity contribution >= 4 is 29.9 Å². The van der Waals surface area contributed by atoms with Gasteiger partial charge >= 0.3 is 0 Å². The van der Waals surface area contributed by atoms with Gasteiger partial charge < -0.3 is 15.5 Å². The molecule has 2 unspecified atom stereocenters. The quantitative estimate of drug-likeness (QED) is 0.416. The first-order valence-electron chi connectivity index (χ1n) is 8.78. The predicted molar refractivity (Wildman–Crippen MR) is 115 cm³/mol. The third-order valence-electron chi connectivity index (χ3n) is 4.69. The third-order valence-corrected chi connectivity index (χ3v) is 4.69. The molecule has 1 saturated heterocycles. The van der Waals surface area contributed by atoms with Gasteiger partial charge in [-0.3, -0.25) is 4.99 Å². The maximum Gasteiger partial charge on any atom is 0.191 e. The molecule has 0 saturated carbocycles. The van der Waals surface area contributed by atoms with Crippen LogP contribution in [0.5, 0.6) is 0 Å². The van der Waals surface area contributed by atoms with Crippen LogP contribution in [0.3, 0.4) is 0 Å². The molecule has 0 spiro atoms. The summed E-state index contributed by atoms with van der Waals surface area (Å²) in [5.74, 6) is 2.11. The summed E-state index contributed by atoms with van der Waals surface area (Å²) < 4.78 is 0. The minimum Gasteiger partial charge on any atom is -0.356 e. The molecular formula is C19H33IN4. The maximum atomic E-state index is 4.36. The van der Waals surface area contributed by atoms with Crippen molar-refractivity contribution in [2.45, 2.75) is 32.6 Å². The van der Waals surface area contributed by atoms with Gasteiger partial charge in [0.25, 0.3) is 0 Å². The van der Waals surface area contributed by atoms with E-state index in [9.17, 15) is 0 Å². The number of nitrogens with one attached hydrogen (secondary N) is 2. The summed E-state index contributed by atoms with van der Waals surface area (Å²) >= 11 is 0. The highest BCUT2D eigenvalue weighted by molar-refractivity contribution is 14.0. The van der Waals surface area contributed by atoms with E-state index in [-0.39, 0.29) is 24.0 Å². The number of guanidine groups is 1. The molecule has 24 heavy (non-hydrogen) atoms. The molecule has 1 fully saturated rings. The lowest BCUT2D eigenvalue weighted by Crippen LogP contribution is -2.44. The molecule has 0 bridgehead atoms. The monoisotopic (exact) mass is 444 g/mol. The Morgan fingerprint density at radius 1 is 1.38 bits per heavy atom. The van der Waals surface area contributed by atoms with Crippen LogP contribution in [0.15, 0.2) is 29.3 Å². The minimum atomic E-state index is 0. The number of hydrogen-bond acceptors (Lipinski definition) is 2. The van der Waals surface area contributed by atoms with Gasteiger partial charge in [0.05, 0.1) is 0 Å². The first kappa shape index (κ1) is 21.2. The molecule has 0 radical (unpaired) electrons. The highest BCUT2D eigenvalue weighted by atomic mass is 127. The van der Waals surface area contributed by atoms with Crippen molar-refractivity contribution in [1.29, 1.82) is 0 Å². The van der Waals surface area contributed by atoms with E-state index in [0.717, 1.165) is 25.0 Å². The summed E-state index contributed by atoms with van der Waals surface area (Å²) in [6.45, 7) is 8.72. The molecule has 2 N–H and O–H groups in total. The number of aliphatic imine (C=N–C) groups is 1. The molecule has 0 amide bonds. The Bertz CT molecular complexity index is 518. The number of nitrogens with zero attached hydrogens (tertiary/aromatic N) is 2. The van der Waals surface area contributed by atoms with E-state index < -0.39 is 0 Å². The predicted octanol–water partition coefficient (Wildman–Crippen LogP) is 3.22. The highest BCUT2D eigenvalue weighted by Gasteiger charge is 2.17. The first-order valence-corrected chi connectivity index (χ1v) is 8.78. The second-order valence-corrected chi connectivity index (χ2v) is 6.92. The van der Waals surface area contributed by atoms with E-state index >= 15 is 0 Å². The standard InChI is InChI=1S/C19H32N4.HI/c1-15-7-5-9-18(11-15)16(2)12-21-19(20-3)22-13-17-8-6-10-23(4)14-17;/h5,7,9,11,16-17H,6,8,10,12-14H2,1-4H3,(H2,20,21,22);1H. The summed E-state index contributed by atoms with van der Waals surface area (Å²) in [5, 5.41) is 6.95. The Morgan fingerprint density at radius 3 is 2.83 bits per heavy atom. The zero-order valence-electron chi connectivity index (χ0n) is 15.5. The molecule has 1 heterocycles. The molecule has 0 aromatic heterocycles. The summed E-state index contributed by atoms with van der Waals surface area (Å²) in [6, 6.07) is 8.74. The molecule has 1 aromatic carbocycles. The Hall–Kier alpha value is -0.820. The van der Waals surface area contributed by atoms with Gasteiger partial charge in [0, 0.05) is 26.7 Å². The van der Waals surface area contributed by atoms with Crippen LogP contribution < -0.4 is 10.6 Å². The normalized spacial score (nSPS) is 20.2. The van der Waals surface area contributed by atoms with Crippen LogP contribution in [-0.4, -0.2) is 51.1 Å². The molecule has 1 aromatic rings. The summed E-state index contributed by atoms with van der Waals surface area (Å²) in [6.07, 6.45) is 2.62. The van der Waals surface area contributed by atoms with Crippen LogP contribution in [0.4, 0.5) is 0 Å². The molecule has 4 nitrogen and oxygen atoms in total. The zero-order chi connectivity index (χ0) is 16.7. The second-order valence-electron chi connectivity index (χ2n) is 6.92. The van der Waals surface area contributed by atoms with Crippen LogP contribution in [0.2, 0.25) is 0 Å². The lowest BCUT2D eigenvalue weighted by molar-refractivity contribution is 0.210. The molecule has 0 aliphatic carbocycles. The van der Waals surface area contributed by atoms with Crippen LogP contribution in [-0.2, 0) is 0 Å². The molecule has 2 rings (SSSR count). The van der Waals surface area contributed by atoms with Crippen molar-refractivity contribution in [1.82, 2.24) is 15.5 Å². The van der Waals surface area contributed by atoms with Crippen molar-refractivity contribution < 1.29 is 0 Å². The van der Waals surface area contributed by atoms with Gasteiger partial charge in [-0.25, -0.2) is 0 Å². The Labute approximate surface area is 164 Å². The van der Waals surface area contributed by atoms with Gasteiger partial charge in [-0.1, -0.05) is 36.8 Å². The number of rotatable bonds is 5. The van der Waals surface area contributed by atoms with Gasteiger partial charge in [-0.2, -0.15) is 0 Å². The van der Waals surface area contributed by atoms with E-state index in [2.05, 4.69) is 65.7 Å². The number of piperidine rings is 1. The summed E-state index contributed by atoms with van der Waals surface area (Å²) in [7, 11) is 4.06. The summed E-state index contributed by atoms with van der Waals surface area (Å²) in [4.78, 5) is 6.78. The number of hydrogen-bond donors (Lipinski definition) is 2. The molecule has 5 heteroatoms. The van der Waals surface area contributed by atoms with E-state index in [1.54, 1.807) is 0 Å². The number of aryl methyl sites for hydroxylation is 1. The Kier molecular flexibility index (Phi) is 9.66. The van der Waals surface area contributed by atoms with Crippen LogP contribution >= 0.6 is 24.0 Å². The highest BCUT2D eigenvalue weighted by Crippen LogP contribution is 2.16. The van der Waals surface area contributed by atoms with Crippen molar-refractivity contribution in [3.05, 3.63) is 35.4 Å². The van der Waals surface area contributed by atoms with Gasteiger partial charge in [0.15, 0.2) is 5.96 Å². The third kappa shape index (κ3) is 6.97. The number of halogens is 1. The molecule has 1 aliphatic rings. The molecule has 2 atom stereocenters. The SMILES string of the molecule is CN=C(NCC1CCCN(C)C1)NCC(C)c1cccc(C)c1.I. The fourth-order valence-electron chi connectivity index (χ4n) is 3.25. The van der Waals surface area contributed by atoms with Crippen LogP contribution in [0.1, 0.15) is 36.8 Å². The number of likely N-dealkylation sites (tertiary alicyclic amines) is 1. The fourth-order valence-corrected chi connectivity index (χ4v) is 3.25. The van der Waals surface area contributed by atoms with Crippen molar-refractivity contribution in [3.63, 3.8) is 0 Å². The number of benzene rings is 1. The maximum absolute atomic E-state index is 4.36. The lowest BCUT2D eigenvalue weighted by atomic mass is 9.98. The van der Waals surface area contributed by atoms with Gasteiger partial charge in [-0.05, 0) is 50.8 Å². The van der Waals surface area contributed by atoms with Crippen molar-refractivity contribution in [3.8, 4) is 0 Å². The molecule has 1 aliphatic heterocycles. The Morgan fingerprint density at radius 2 is 2.17 bits per heavy atom. The average Bonchev–Trinajstić information content (AvgIpc) is 2.55. The van der Waals surface area contributed by atoms with Crippen LogP contribution in [0, 0.1) is 12.8 Å². The minimum absolute atomic E-state index is 0. The Balaban J connectivity index is 0.00000288. The zero-order valence-corrected chi connectivity index (χ0v) is 17.8. The second kappa shape index (κ2) is 10.9. The largest absolute Gasteiger partial charge is 0.356 e. The van der Waals surface area contributed by atoms with Gasteiger partial charge in [-0.15, -0.1) is 24.0 Å². The van der Waals surface area contributed by atoms with Gasteiger partial charge in [0.2, 0.25) is 0 Å². The average molecular weight is 444 g/mol. The van der Waals surface area contributed by atoms with E-state index in [4.69, 9.17) is 0 Å².